The molecule has 0 aromatic heterocycles. The van der Waals surface area contributed by atoms with Gasteiger partial charge in [-0.2, -0.15) is 0 Å². The molecule has 1 rings (SSSR count). The lowest BCUT2D eigenvalue weighted by atomic mass is 10.1. The highest BCUT2D eigenvalue weighted by Crippen LogP contribution is 2.22. The molecule has 0 saturated carbocycles. The Labute approximate surface area is 279 Å². The Bertz CT molecular complexity index is 761. The number of ether oxygens (including phenoxy) is 2. The van der Waals surface area contributed by atoms with Crippen LogP contribution in [-0.2, 0) is 14.3 Å². The molecular weight excluding hydrogens is 558 g/mol. The summed E-state index contributed by atoms with van der Waals surface area (Å²) in [7, 11) is 0. The number of unbranched alkanes of at least 4 members (excludes halogenated alkanes) is 22. The van der Waals surface area contributed by atoms with Crippen LogP contribution < -0.4 is 0 Å². The maximum Gasteiger partial charge on any atom is 0.305 e. The van der Waals surface area contributed by atoms with Crippen molar-refractivity contribution < 1.29 is 19.4 Å². The van der Waals surface area contributed by atoms with Gasteiger partial charge in [0.15, 0.2) is 11.4 Å². The minimum absolute atomic E-state index is 0.100. The molecule has 0 fully saturated rings. The van der Waals surface area contributed by atoms with Crippen molar-refractivity contribution in [2.45, 2.75) is 199 Å². The molecule has 1 N–H and O–H groups in total. The van der Waals surface area contributed by atoms with E-state index >= 15 is 0 Å². The molecule has 0 bridgehead atoms. The normalized spacial score (nSPS) is 16.6. The molecule has 0 aromatic rings. The lowest BCUT2D eigenvalue weighted by Crippen LogP contribution is -2.39. The molecule has 1 atom stereocenters. The van der Waals surface area contributed by atoms with Gasteiger partial charge >= 0.3 is 5.97 Å². The van der Waals surface area contributed by atoms with Gasteiger partial charge in [-0.05, 0) is 64.2 Å². The quantitative estimate of drug-likeness (QED) is 0.0444. The molecule has 5 heteroatoms. The smallest absolute Gasteiger partial charge is 0.305 e. The van der Waals surface area contributed by atoms with Gasteiger partial charge in [0.25, 0.3) is 0 Å². The standard InChI is InChI=1S/C40H73NO4/c1-3-5-7-9-11-13-15-17-19-21-23-25-27-29-31-33-38-41-40(35-42,36-44-38)37-45-39(43)34-32-30-28-26-24-22-20-18-16-14-12-10-8-6-4-2/h17-20,42H,3-16,21-37H2,1-2H3/b19-17+,20-18-. The van der Waals surface area contributed by atoms with E-state index < -0.39 is 5.54 Å². The summed E-state index contributed by atoms with van der Waals surface area (Å²) in [5.74, 6) is 0.510. The third-order valence-electron chi connectivity index (χ3n) is 8.96. The molecule has 1 heterocycles. The van der Waals surface area contributed by atoms with Crippen LogP contribution in [0.15, 0.2) is 29.3 Å². The fraction of sp³-hybridized carbons (Fsp3) is 0.850. The summed E-state index contributed by atoms with van der Waals surface area (Å²) in [5, 5.41) is 9.98. The first-order valence-corrected chi connectivity index (χ1v) is 19.4. The van der Waals surface area contributed by atoms with Crippen LogP contribution >= 0.6 is 0 Å². The van der Waals surface area contributed by atoms with Crippen molar-refractivity contribution in [1.29, 1.82) is 0 Å². The van der Waals surface area contributed by atoms with Crippen molar-refractivity contribution in [3.8, 4) is 0 Å². The van der Waals surface area contributed by atoms with Crippen LogP contribution in [0.5, 0.6) is 0 Å². The van der Waals surface area contributed by atoms with E-state index in [2.05, 4.69) is 43.1 Å². The summed E-state index contributed by atoms with van der Waals surface area (Å²) in [6.45, 7) is 4.77. The second kappa shape index (κ2) is 31.0. The highest BCUT2D eigenvalue weighted by atomic mass is 16.5. The summed E-state index contributed by atoms with van der Waals surface area (Å²) < 4.78 is 11.3. The SMILES string of the molecule is CCCCCCCC/C=C\CCCCCCCC(=O)OCC1(CO)COC(CCCCCCC/C=C/CCCCCCCC)=N1. The van der Waals surface area contributed by atoms with Crippen molar-refractivity contribution in [1.82, 2.24) is 0 Å². The maximum absolute atomic E-state index is 12.3. The summed E-state index contributed by atoms with van der Waals surface area (Å²) in [6.07, 6.45) is 43.4. The zero-order chi connectivity index (χ0) is 32.5. The zero-order valence-corrected chi connectivity index (χ0v) is 29.8. The van der Waals surface area contributed by atoms with Gasteiger partial charge in [0.05, 0.1) is 6.61 Å². The number of aliphatic imine (C=N–C) groups is 1. The number of esters is 1. The number of aliphatic hydroxyl groups excluding tert-OH is 1. The van der Waals surface area contributed by atoms with Gasteiger partial charge in [0.1, 0.15) is 13.2 Å². The van der Waals surface area contributed by atoms with Gasteiger partial charge in [-0.15, -0.1) is 0 Å². The average Bonchev–Trinajstić information content (AvgIpc) is 3.47. The molecule has 1 aliphatic rings. The van der Waals surface area contributed by atoms with Gasteiger partial charge in [-0.3, -0.25) is 4.79 Å². The summed E-state index contributed by atoms with van der Waals surface area (Å²) in [5.41, 5.74) is -0.824. The first kappa shape index (κ1) is 41.4. The molecule has 0 spiro atoms. The Morgan fingerprint density at radius 1 is 0.667 bits per heavy atom. The molecule has 45 heavy (non-hydrogen) atoms. The fourth-order valence-electron chi connectivity index (χ4n) is 5.85. The van der Waals surface area contributed by atoms with Gasteiger partial charge in [0, 0.05) is 12.8 Å². The molecule has 0 radical (unpaired) electrons. The van der Waals surface area contributed by atoms with E-state index in [9.17, 15) is 9.90 Å². The Morgan fingerprint density at radius 2 is 1.09 bits per heavy atom. The lowest BCUT2D eigenvalue weighted by Gasteiger charge is -2.20. The van der Waals surface area contributed by atoms with E-state index in [0.717, 1.165) is 32.1 Å². The van der Waals surface area contributed by atoms with E-state index in [1.807, 2.05) is 0 Å². The van der Waals surface area contributed by atoms with Crippen LogP contribution in [0.3, 0.4) is 0 Å². The second-order valence-electron chi connectivity index (χ2n) is 13.5. The molecule has 1 unspecified atom stereocenters. The molecule has 262 valence electrons. The van der Waals surface area contributed by atoms with Crippen LogP contribution in [-0.4, -0.2) is 42.3 Å². The first-order valence-electron chi connectivity index (χ1n) is 19.4. The second-order valence-corrected chi connectivity index (χ2v) is 13.5. The van der Waals surface area contributed by atoms with Crippen molar-refractivity contribution in [2.24, 2.45) is 4.99 Å². The van der Waals surface area contributed by atoms with E-state index in [4.69, 9.17) is 9.47 Å². The fourth-order valence-corrected chi connectivity index (χ4v) is 5.85. The number of rotatable bonds is 33. The number of carbonyl (C=O) groups excluding carboxylic acids is 1. The lowest BCUT2D eigenvalue weighted by molar-refractivity contribution is -0.146. The Balaban J connectivity index is 1.99. The number of aliphatic hydroxyl groups is 1. The van der Waals surface area contributed by atoms with Crippen LogP contribution in [0, 0.1) is 0 Å². The number of hydrogen-bond acceptors (Lipinski definition) is 5. The van der Waals surface area contributed by atoms with Gasteiger partial charge in [-0.25, -0.2) is 4.99 Å². The van der Waals surface area contributed by atoms with E-state index in [1.54, 1.807) is 0 Å². The number of carbonyl (C=O) groups is 1. The molecular formula is C40H73NO4. The van der Waals surface area contributed by atoms with E-state index in [1.165, 1.54) is 141 Å². The van der Waals surface area contributed by atoms with Crippen LogP contribution in [0.2, 0.25) is 0 Å². The Morgan fingerprint density at radius 3 is 1.56 bits per heavy atom. The third kappa shape index (κ3) is 25.2. The molecule has 5 nitrogen and oxygen atoms in total. The highest BCUT2D eigenvalue weighted by molar-refractivity contribution is 5.78. The Hall–Kier alpha value is -1.62. The maximum atomic E-state index is 12.3. The predicted octanol–water partition coefficient (Wildman–Crippen LogP) is 11.8. The van der Waals surface area contributed by atoms with Gasteiger partial charge < -0.3 is 14.6 Å². The van der Waals surface area contributed by atoms with Crippen LogP contribution in [0.4, 0.5) is 0 Å². The van der Waals surface area contributed by atoms with E-state index in [-0.39, 0.29) is 19.2 Å². The summed E-state index contributed by atoms with van der Waals surface area (Å²) in [4.78, 5) is 16.9. The number of hydrogen-bond donors (Lipinski definition) is 1. The van der Waals surface area contributed by atoms with Crippen molar-refractivity contribution in [3.63, 3.8) is 0 Å². The van der Waals surface area contributed by atoms with Crippen LogP contribution in [0.1, 0.15) is 194 Å². The van der Waals surface area contributed by atoms with Gasteiger partial charge in [-0.1, -0.05) is 141 Å². The molecule has 0 saturated heterocycles. The minimum Gasteiger partial charge on any atom is -0.478 e. The monoisotopic (exact) mass is 632 g/mol. The largest absolute Gasteiger partial charge is 0.478 e. The average molecular weight is 632 g/mol. The molecule has 0 aromatic carbocycles. The van der Waals surface area contributed by atoms with Crippen molar-refractivity contribution in [2.75, 3.05) is 19.8 Å². The predicted molar refractivity (Wildman–Crippen MR) is 193 cm³/mol. The minimum atomic E-state index is -0.824. The van der Waals surface area contributed by atoms with Gasteiger partial charge in [0.2, 0.25) is 0 Å². The number of nitrogens with zero attached hydrogens (tertiary/aromatic N) is 1. The van der Waals surface area contributed by atoms with Crippen molar-refractivity contribution >= 4 is 11.9 Å². The molecule has 0 amide bonds. The highest BCUT2D eigenvalue weighted by Gasteiger charge is 2.37. The molecule has 1 aliphatic heterocycles. The zero-order valence-electron chi connectivity index (χ0n) is 29.8. The Kier molecular flexibility index (Phi) is 28.5. The van der Waals surface area contributed by atoms with Crippen molar-refractivity contribution in [3.05, 3.63) is 24.3 Å². The first-order chi connectivity index (χ1) is 22.2. The summed E-state index contributed by atoms with van der Waals surface area (Å²) >= 11 is 0. The molecule has 0 aliphatic carbocycles. The number of allylic oxidation sites excluding steroid dienone is 4. The van der Waals surface area contributed by atoms with Crippen LogP contribution in [0.25, 0.3) is 0 Å². The van der Waals surface area contributed by atoms with E-state index in [0.29, 0.717) is 18.9 Å². The topological polar surface area (TPSA) is 68.1 Å². The third-order valence-corrected chi connectivity index (χ3v) is 8.96. The summed E-state index contributed by atoms with van der Waals surface area (Å²) in [6, 6.07) is 0.